The molecule has 1 saturated heterocycles. The van der Waals surface area contributed by atoms with Gasteiger partial charge in [0.25, 0.3) is 0 Å². The number of nitrogens with one attached hydrogen (secondary N) is 1. The third-order valence-electron chi connectivity index (χ3n) is 5.74. The molecule has 0 aliphatic carbocycles. The van der Waals surface area contributed by atoms with Crippen LogP contribution in [0.4, 0.5) is 26.3 Å². The van der Waals surface area contributed by atoms with Crippen LogP contribution in [0.2, 0.25) is 0 Å². The summed E-state index contributed by atoms with van der Waals surface area (Å²) in [5, 5.41) is 2.38. The molecular weight excluding hydrogens is 526 g/mol. The fourth-order valence-corrected chi connectivity index (χ4v) is 5.58. The molecule has 1 aliphatic heterocycles. The maximum Gasteiger partial charge on any atom is 0.433 e. The molecule has 1 N–H and O–H groups in total. The number of nitrogens with zero attached hydrogens (tertiary/aromatic N) is 3. The van der Waals surface area contributed by atoms with Crippen molar-refractivity contribution in [1.82, 2.24) is 19.6 Å². The highest BCUT2D eigenvalue weighted by Crippen LogP contribution is 2.31. The van der Waals surface area contributed by atoms with Crippen molar-refractivity contribution in [3.05, 3.63) is 77.6 Å². The average Bonchev–Trinajstić information content (AvgIpc) is 3.35. The lowest BCUT2D eigenvalue weighted by Gasteiger charge is -2.23. The van der Waals surface area contributed by atoms with Crippen LogP contribution in [0, 0.1) is 17.5 Å². The normalized spacial score (nSPS) is 16.6. The van der Waals surface area contributed by atoms with E-state index in [9.17, 15) is 35.2 Å². The largest absolute Gasteiger partial charge is 0.433 e. The van der Waals surface area contributed by atoms with Gasteiger partial charge in [-0.2, -0.15) is 17.5 Å². The van der Waals surface area contributed by atoms with Gasteiger partial charge in [0, 0.05) is 18.3 Å². The van der Waals surface area contributed by atoms with Crippen LogP contribution in [0.25, 0.3) is 11.1 Å². The van der Waals surface area contributed by atoms with Gasteiger partial charge in [0.1, 0.15) is 17.6 Å². The fourth-order valence-electron chi connectivity index (χ4n) is 3.92. The van der Waals surface area contributed by atoms with Crippen LogP contribution in [0.3, 0.4) is 0 Å². The quantitative estimate of drug-likeness (QED) is 0.473. The van der Waals surface area contributed by atoms with E-state index >= 15 is 4.39 Å². The van der Waals surface area contributed by atoms with E-state index < -0.39 is 69.1 Å². The highest BCUT2D eigenvalue weighted by Gasteiger charge is 2.39. The summed E-state index contributed by atoms with van der Waals surface area (Å²) in [6.45, 7) is -0.515. The zero-order chi connectivity index (χ0) is 27.0. The van der Waals surface area contributed by atoms with Gasteiger partial charge in [0.2, 0.25) is 15.9 Å². The van der Waals surface area contributed by atoms with Crippen molar-refractivity contribution < 1.29 is 39.6 Å². The summed E-state index contributed by atoms with van der Waals surface area (Å²) in [5.41, 5.74) is -2.61. The number of alkyl halides is 3. The minimum Gasteiger partial charge on any atom is -0.349 e. The van der Waals surface area contributed by atoms with Crippen molar-refractivity contribution in [3.63, 3.8) is 0 Å². The summed E-state index contributed by atoms with van der Waals surface area (Å²) in [6.07, 6.45) is -2.87. The van der Waals surface area contributed by atoms with Gasteiger partial charge in [-0.3, -0.25) is 14.8 Å². The zero-order valence-corrected chi connectivity index (χ0v) is 19.6. The second-order valence-electron chi connectivity index (χ2n) is 8.12. The number of rotatable bonds is 6. The molecule has 1 aliphatic rings. The Bertz CT molecular complexity index is 1410. The highest BCUT2D eigenvalue weighted by atomic mass is 32.2. The molecule has 1 fully saturated rings. The molecule has 3 aromatic rings. The maximum absolute atomic E-state index is 15.1. The van der Waals surface area contributed by atoms with Gasteiger partial charge >= 0.3 is 6.18 Å². The Morgan fingerprint density at radius 3 is 2.35 bits per heavy atom. The third-order valence-corrected chi connectivity index (χ3v) is 7.67. The highest BCUT2D eigenvalue weighted by molar-refractivity contribution is 7.89. The van der Waals surface area contributed by atoms with E-state index in [4.69, 9.17) is 0 Å². The Labute approximate surface area is 207 Å². The number of sulfonamides is 1. The summed E-state index contributed by atoms with van der Waals surface area (Å²) < 4.78 is 108. The minimum atomic E-state index is -4.73. The van der Waals surface area contributed by atoms with Gasteiger partial charge in [0.05, 0.1) is 28.9 Å². The molecule has 14 heteroatoms. The SMILES string of the molecule is O=C(NCc1ncc(F)c(-c2ccc(C(F)(F)F)nc2)c1F)C1CCCN1S(=O)(=O)c1ccc(F)cc1. The van der Waals surface area contributed by atoms with Crippen molar-refractivity contribution in [1.29, 1.82) is 0 Å². The Morgan fingerprint density at radius 2 is 1.73 bits per heavy atom. The Morgan fingerprint density at radius 1 is 1.03 bits per heavy atom. The smallest absolute Gasteiger partial charge is 0.349 e. The van der Waals surface area contributed by atoms with Crippen LogP contribution in [0.5, 0.6) is 0 Å². The van der Waals surface area contributed by atoms with Gasteiger partial charge in [-0.25, -0.2) is 21.6 Å². The lowest BCUT2D eigenvalue weighted by atomic mass is 10.1. The van der Waals surface area contributed by atoms with Crippen LogP contribution >= 0.6 is 0 Å². The predicted molar refractivity (Wildman–Crippen MR) is 118 cm³/mol. The molecule has 1 aromatic carbocycles. The first-order chi connectivity index (χ1) is 17.4. The number of carbonyl (C=O) groups excluding carboxylic acids is 1. The van der Waals surface area contributed by atoms with Gasteiger partial charge in [-0.05, 0) is 43.2 Å². The topological polar surface area (TPSA) is 92.3 Å². The van der Waals surface area contributed by atoms with Crippen molar-refractivity contribution in [3.8, 4) is 11.1 Å². The standard InChI is InChI=1S/C23H18F6N4O3S/c24-14-4-6-15(7-5-14)37(35,36)33-9-1-2-18(33)22(34)32-12-17-21(26)20(16(25)11-30-17)13-3-8-19(31-10-13)23(27,28)29/h3-8,10-11,18H,1-2,9,12H2,(H,32,34). The number of hydrogen-bond donors (Lipinski definition) is 1. The molecule has 1 amide bonds. The molecule has 37 heavy (non-hydrogen) atoms. The Kier molecular flexibility index (Phi) is 7.24. The van der Waals surface area contributed by atoms with E-state index in [1.54, 1.807) is 0 Å². The van der Waals surface area contributed by atoms with E-state index in [0.717, 1.165) is 34.6 Å². The van der Waals surface area contributed by atoms with E-state index in [2.05, 4.69) is 15.3 Å². The summed E-state index contributed by atoms with van der Waals surface area (Å²) in [5.74, 6) is -3.76. The minimum absolute atomic E-state index is 0.0338. The van der Waals surface area contributed by atoms with E-state index in [1.165, 1.54) is 0 Å². The zero-order valence-electron chi connectivity index (χ0n) is 18.8. The van der Waals surface area contributed by atoms with Crippen LogP contribution in [0.15, 0.2) is 53.7 Å². The van der Waals surface area contributed by atoms with Gasteiger partial charge in [-0.1, -0.05) is 6.07 Å². The molecule has 1 atom stereocenters. The van der Waals surface area contributed by atoms with Gasteiger partial charge in [-0.15, -0.1) is 0 Å². The first kappa shape index (κ1) is 26.5. The maximum atomic E-state index is 15.1. The molecule has 2 aromatic heterocycles. The number of hydrogen-bond acceptors (Lipinski definition) is 5. The van der Waals surface area contributed by atoms with Crippen molar-refractivity contribution in [2.45, 2.75) is 36.5 Å². The van der Waals surface area contributed by atoms with E-state index in [-0.39, 0.29) is 23.4 Å². The summed E-state index contributed by atoms with van der Waals surface area (Å²) in [7, 11) is -4.12. The number of halogens is 6. The van der Waals surface area contributed by atoms with Crippen LogP contribution in [0.1, 0.15) is 24.2 Å². The molecule has 1 unspecified atom stereocenters. The molecule has 3 heterocycles. The molecule has 0 radical (unpaired) electrons. The third kappa shape index (κ3) is 5.44. The van der Waals surface area contributed by atoms with E-state index in [1.807, 2.05) is 0 Å². The molecule has 4 rings (SSSR count). The van der Waals surface area contributed by atoms with Crippen molar-refractivity contribution in [2.75, 3.05) is 6.54 Å². The fraction of sp³-hybridized carbons (Fsp3) is 0.261. The second-order valence-corrected chi connectivity index (χ2v) is 10.0. The molecule has 196 valence electrons. The van der Waals surface area contributed by atoms with Gasteiger partial charge in [0.15, 0.2) is 11.6 Å². The number of amides is 1. The first-order valence-corrected chi connectivity index (χ1v) is 12.2. The van der Waals surface area contributed by atoms with Crippen LogP contribution < -0.4 is 5.32 Å². The Balaban J connectivity index is 1.52. The van der Waals surface area contributed by atoms with Crippen molar-refractivity contribution in [2.24, 2.45) is 0 Å². The predicted octanol–water partition coefficient (Wildman–Crippen LogP) is 4.05. The monoisotopic (exact) mass is 544 g/mol. The molecule has 0 saturated carbocycles. The van der Waals surface area contributed by atoms with E-state index in [0.29, 0.717) is 24.9 Å². The molecular formula is C23H18F6N4O3S. The summed E-state index contributed by atoms with van der Waals surface area (Å²) in [6, 6.07) is 4.41. The molecule has 7 nitrogen and oxygen atoms in total. The summed E-state index contributed by atoms with van der Waals surface area (Å²) in [4.78, 5) is 19.4. The molecule has 0 bridgehead atoms. The lowest BCUT2D eigenvalue weighted by Crippen LogP contribution is -2.45. The number of pyridine rings is 2. The number of benzene rings is 1. The Hall–Kier alpha value is -3.52. The number of aromatic nitrogens is 2. The van der Waals surface area contributed by atoms with Crippen molar-refractivity contribution >= 4 is 15.9 Å². The van der Waals surface area contributed by atoms with Crippen LogP contribution in [-0.4, -0.2) is 41.2 Å². The summed E-state index contributed by atoms with van der Waals surface area (Å²) >= 11 is 0. The molecule has 0 spiro atoms. The second kappa shape index (κ2) is 10.1. The first-order valence-electron chi connectivity index (χ1n) is 10.8. The number of carbonyl (C=O) groups is 1. The average molecular weight is 544 g/mol. The van der Waals surface area contributed by atoms with Crippen LogP contribution in [-0.2, 0) is 27.5 Å². The van der Waals surface area contributed by atoms with Gasteiger partial charge < -0.3 is 5.32 Å². The lowest BCUT2D eigenvalue weighted by molar-refractivity contribution is -0.141.